The molecular weight excluding hydrogens is 269 g/mol. The van der Waals surface area contributed by atoms with Crippen molar-refractivity contribution in [3.05, 3.63) is 69.6 Å². The molecule has 0 spiro atoms. The first-order valence-electron chi connectivity index (χ1n) is 5.52. The summed E-state index contributed by atoms with van der Waals surface area (Å²) in [5, 5.41) is 12.5. The maximum atomic E-state index is 13.2. The molecule has 1 aliphatic rings. The highest BCUT2D eigenvalue weighted by Gasteiger charge is 2.36. The van der Waals surface area contributed by atoms with Gasteiger partial charge in [0, 0.05) is 11.1 Å². The van der Waals surface area contributed by atoms with Crippen LogP contribution in [0.5, 0.6) is 0 Å². The Hall–Kier alpha value is -2.20. The number of ketones is 1. The molecule has 0 bridgehead atoms. The Kier molecular flexibility index (Phi) is 2.61. The van der Waals surface area contributed by atoms with E-state index in [1.807, 2.05) is 0 Å². The molecule has 0 aromatic heterocycles. The Morgan fingerprint density at radius 2 is 1.95 bits per heavy atom. The van der Waals surface area contributed by atoms with Crippen LogP contribution in [0.15, 0.2) is 42.5 Å². The lowest BCUT2D eigenvalue weighted by Gasteiger charge is -2.01. The Balaban J connectivity index is 2.20. The third-order valence-electron chi connectivity index (χ3n) is 2.94. The molecule has 0 unspecified atom stereocenters. The topological polar surface area (TPSA) is 43.1 Å². The monoisotopic (exact) mass is 275 g/mol. The van der Waals surface area contributed by atoms with Crippen LogP contribution in [-0.2, 0) is 0 Å². The van der Waals surface area contributed by atoms with Gasteiger partial charge in [0.05, 0.1) is 5.56 Å². The number of Topliss-reactive ketones (excluding diaryl/α,β-unsaturated/α-hetero) is 1. The zero-order valence-electron chi connectivity index (χ0n) is 9.56. The van der Waals surface area contributed by atoms with Gasteiger partial charge in [-0.1, -0.05) is 17.7 Å². The van der Waals surface area contributed by atoms with Gasteiger partial charge in [-0.05, 0) is 30.3 Å². The lowest BCUT2D eigenvalue weighted by molar-refractivity contribution is -0.355. The summed E-state index contributed by atoms with van der Waals surface area (Å²) in [6.45, 7) is 0. The minimum Gasteiger partial charge on any atom is -0.618 e. The minimum atomic E-state index is -0.500. The Bertz CT molecular complexity index is 740. The molecule has 2 aromatic carbocycles. The van der Waals surface area contributed by atoms with E-state index in [4.69, 9.17) is 11.6 Å². The minimum absolute atomic E-state index is 0.0863. The maximum Gasteiger partial charge on any atom is 0.273 e. The zero-order valence-corrected chi connectivity index (χ0v) is 10.3. The van der Waals surface area contributed by atoms with E-state index in [9.17, 15) is 14.4 Å². The van der Waals surface area contributed by atoms with Crippen molar-refractivity contribution in [1.29, 1.82) is 0 Å². The van der Waals surface area contributed by atoms with E-state index >= 15 is 0 Å². The number of halogens is 2. The van der Waals surface area contributed by atoms with Crippen LogP contribution < -0.4 is 0 Å². The zero-order chi connectivity index (χ0) is 13.6. The molecule has 5 heteroatoms. The average molecular weight is 276 g/mol. The molecule has 19 heavy (non-hydrogen) atoms. The van der Waals surface area contributed by atoms with Crippen LogP contribution >= 0.6 is 11.6 Å². The van der Waals surface area contributed by atoms with Gasteiger partial charge in [0.2, 0.25) is 5.69 Å². The van der Waals surface area contributed by atoms with Crippen molar-refractivity contribution in [3.63, 3.8) is 0 Å². The van der Waals surface area contributed by atoms with E-state index < -0.39 is 11.6 Å². The summed E-state index contributed by atoms with van der Waals surface area (Å²) in [5.74, 6) is -0.946. The first-order chi connectivity index (χ1) is 9.08. The van der Waals surface area contributed by atoms with E-state index in [1.54, 1.807) is 0 Å². The van der Waals surface area contributed by atoms with Crippen LogP contribution in [0.25, 0.3) is 0 Å². The highest BCUT2D eigenvalue weighted by atomic mass is 35.5. The number of fused-ring (bicyclic) bond motifs is 1. The predicted molar refractivity (Wildman–Crippen MR) is 69.6 cm³/mol. The van der Waals surface area contributed by atoms with Crippen molar-refractivity contribution in [1.82, 2.24) is 0 Å². The van der Waals surface area contributed by atoms with E-state index in [0.717, 1.165) is 6.07 Å². The molecule has 0 saturated heterocycles. The fourth-order valence-corrected chi connectivity index (χ4v) is 2.26. The Morgan fingerprint density at radius 1 is 1.16 bits per heavy atom. The highest BCUT2D eigenvalue weighted by molar-refractivity contribution is 6.52. The molecule has 94 valence electrons. The molecule has 0 N–H and O–H groups in total. The van der Waals surface area contributed by atoms with Crippen LogP contribution in [0.2, 0.25) is 5.02 Å². The summed E-state index contributed by atoms with van der Waals surface area (Å²) in [4.78, 5) is 12.2. The fraction of sp³-hybridized carbons (Fsp3) is 0. The summed E-state index contributed by atoms with van der Waals surface area (Å²) in [6, 6.07) is 9.84. The first kappa shape index (κ1) is 11.9. The van der Waals surface area contributed by atoms with Crippen LogP contribution in [0.1, 0.15) is 15.9 Å². The number of hydrogen-bond acceptors (Lipinski definition) is 2. The largest absolute Gasteiger partial charge is 0.618 e. The molecule has 1 aliphatic heterocycles. The molecule has 0 fully saturated rings. The fourth-order valence-electron chi connectivity index (χ4n) is 2.09. The third-order valence-corrected chi connectivity index (χ3v) is 3.17. The van der Waals surface area contributed by atoms with Gasteiger partial charge in [0.15, 0.2) is 0 Å². The van der Waals surface area contributed by atoms with Gasteiger partial charge in [-0.3, -0.25) is 4.79 Å². The maximum absolute atomic E-state index is 13.2. The normalized spacial score (nSPS) is 13.9. The van der Waals surface area contributed by atoms with Crippen molar-refractivity contribution in [2.75, 3.05) is 0 Å². The molecular formula is C14H7ClFNO2. The second-order valence-corrected chi connectivity index (χ2v) is 4.58. The molecule has 0 amide bonds. The smallest absolute Gasteiger partial charge is 0.273 e. The first-order valence-corrected chi connectivity index (χ1v) is 5.90. The van der Waals surface area contributed by atoms with E-state index in [2.05, 4.69) is 0 Å². The van der Waals surface area contributed by atoms with Crippen molar-refractivity contribution < 1.29 is 13.9 Å². The second kappa shape index (κ2) is 4.17. The molecule has 1 heterocycles. The number of hydrogen-bond donors (Lipinski definition) is 0. The number of carbonyl (C=O) groups is 1. The lowest BCUT2D eigenvalue weighted by Crippen LogP contribution is -2.16. The quantitative estimate of drug-likeness (QED) is 0.592. The van der Waals surface area contributed by atoms with Gasteiger partial charge in [0.1, 0.15) is 11.4 Å². The van der Waals surface area contributed by atoms with Gasteiger partial charge in [-0.25, -0.2) is 4.39 Å². The summed E-state index contributed by atoms with van der Waals surface area (Å²) in [7, 11) is 0. The van der Waals surface area contributed by atoms with Crippen molar-refractivity contribution in [3.8, 4) is 0 Å². The van der Waals surface area contributed by atoms with E-state index in [-0.39, 0.29) is 22.5 Å². The molecule has 2 aromatic rings. The van der Waals surface area contributed by atoms with Crippen molar-refractivity contribution in [2.24, 2.45) is 0 Å². The SMILES string of the molecule is O=C1C(c2cccc(F)c2)=[N+]([O-])c2ccc(Cl)cc21. The van der Waals surface area contributed by atoms with Crippen LogP contribution in [0.3, 0.4) is 0 Å². The van der Waals surface area contributed by atoms with Gasteiger partial charge < -0.3 is 5.21 Å². The van der Waals surface area contributed by atoms with Crippen molar-refractivity contribution in [2.45, 2.75) is 0 Å². The van der Waals surface area contributed by atoms with Gasteiger partial charge in [-0.15, -0.1) is 0 Å². The number of carbonyl (C=O) groups excluding carboxylic acids is 1. The standard InChI is InChI=1S/C14H7ClFNO2/c15-9-4-5-12-11(7-9)14(18)13(17(12)19)8-2-1-3-10(16)6-8/h1-7H. The summed E-state index contributed by atoms with van der Waals surface area (Å²) in [6.07, 6.45) is 0. The molecule has 0 saturated carbocycles. The second-order valence-electron chi connectivity index (χ2n) is 4.14. The summed E-state index contributed by atoms with van der Waals surface area (Å²) < 4.78 is 13.7. The van der Waals surface area contributed by atoms with E-state index in [1.165, 1.54) is 36.4 Å². The summed E-state index contributed by atoms with van der Waals surface area (Å²) >= 11 is 5.81. The predicted octanol–water partition coefficient (Wildman–Crippen LogP) is 3.31. The van der Waals surface area contributed by atoms with Gasteiger partial charge >= 0.3 is 0 Å². The Labute approximate surface area is 113 Å². The van der Waals surface area contributed by atoms with Crippen LogP contribution in [0.4, 0.5) is 10.1 Å². The van der Waals surface area contributed by atoms with E-state index in [0.29, 0.717) is 9.76 Å². The van der Waals surface area contributed by atoms with Gasteiger partial charge in [0.25, 0.3) is 11.5 Å². The summed E-state index contributed by atoms with van der Waals surface area (Å²) in [5.41, 5.74) is 0.638. The third kappa shape index (κ3) is 1.81. The molecule has 3 nitrogen and oxygen atoms in total. The molecule has 0 radical (unpaired) electrons. The average Bonchev–Trinajstić information content (AvgIpc) is 2.61. The lowest BCUT2D eigenvalue weighted by atomic mass is 10.0. The number of benzene rings is 2. The van der Waals surface area contributed by atoms with Gasteiger partial charge in [-0.2, -0.15) is 4.74 Å². The van der Waals surface area contributed by atoms with Crippen LogP contribution in [-0.4, -0.2) is 16.2 Å². The van der Waals surface area contributed by atoms with Crippen LogP contribution in [0, 0.1) is 11.0 Å². The molecule has 3 rings (SSSR count). The molecule has 0 atom stereocenters. The van der Waals surface area contributed by atoms with Crippen molar-refractivity contribution >= 4 is 28.8 Å². The number of nitrogens with zero attached hydrogens (tertiary/aromatic N) is 1. The molecule has 0 aliphatic carbocycles. The number of rotatable bonds is 1. The highest BCUT2D eigenvalue weighted by Crippen LogP contribution is 2.30. The Morgan fingerprint density at radius 3 is 2.68 bits per heavy atom.